The summed E-state index contributed by atoms with van der Waals surface area (Å²) < 4.78 is 14.3. The van der Waals surface area contributed by atoms with Gasteiger partial charge in [0.25, 0.3) is 5.91 Å². The van der Waals surface area contributed by atoms with E-state index in [-0.39, 0.29) is 66.0 Å². The second kappa shape index (κ2) is 13.6. The van der Waals surface area contributed by atoms with E-state index in [2.05, 4.69) is 81.1 Å². The Bertz CT molecular complexity index is 2130. The highest BCUT2D eigenvalue weighted by Crippen LogP contribution is 2.57. The number of amides is 2. The van der Waals surface area contributed by atoms with Crippen molar-refractivity contribution in [3.05, 3.63) is 58.2 Å². The molecular formula is C42H52N6O5S. The number of rotatable bonds is 6. The van der Waals surface area contributed by atoms with E-state index in [4.69, 9.17) is 19.4 Å². The maximum atomic E-state index is 14.4. The largest absolute Gasteiger partial charge is 0.464 e. The number of pyridine rings is 1. The molecule has 2 N–H and O–H groups in total. The van der Waals surface area contributed by atoms with Crippen molar-refractivity contribution in [3.8, 4) is 22.5 Å². The molecule has 2 amide bonds. The summed E-state index contributed by atoms with van der Waals surface area (Å²) in [7, 11) is 1.70. The van der Waals surface area contributed by atoms with E-state index in [9.17, 15) is 14.4 Å². The van der Waals surface area contributed by atoms with Gasteiger partial charge in [0, 0.05) is 71.6 Å². The van der Waals surface area contributed by atoms with Crippen molar-refractivity contribution in [1.29, 1.82) is 0 Å². The van der Waals surface area contributed by atoms with E-state index in [1.807, 2.05) is 24.6 Å². The Morgan fingerprint density at radius 1 is 1.19 bits per heavy atom. The summed E-state index contributed by atoms with van der Waals surface area (Å²) in [5.74, 6) is -0.250. The van der Waals surface area contributed by atoms with Crippen LogP contribution < -0.4 is 10.7 Å². The average Bonchev–Trinajstić information content (AvgIpc) is 3.85. The highest BCUT2D eigenvalue weighted by Gasteiger charge is 2.61. The summed E-state index contributed by atoms with van der Waals surface area (Å²) in [6.07, 6.45) is 3.28. The molecule has 4 aliphatic rings. The fraction of sp³-hybridized carbons (Fsp3) is 0.548. The monoisotopic (exact) mass is 752 g/mol. The molecule has 1 aromatic carbocycles. The Morgan fingerprint density at radius 3 is 2.69 bits per heavy atom. The minimum absolute atomic E-state index is 0.0600. The van der Waals surface area contributed by atoms with E-state index >= 15 is 0 Å². The zero-order valence-electron chi connectivity index (χ0n) is 32.6. The smallest absolute Gasteiger partial charge is 0.325 e. The first kappa shape index (κ1) is 36.8. The van der Waals surface area contributed by atoms with Gasteiger partial charge >= 0.3 is 5.97 Å². The SMILES string of the molecule is CCn1c(-c2cccnc2C(C)OC)c2c3cc(ccc31)-c1csc(n1)CC(NC(=O)C1C(C)C1C)C(=O)N1CC3(C)CC3C(N1)C(=O)OCC(C)(C)C2. The van der Waals surface area contributed by atoms with E-state index in [0.29, 0.717) is 13.0 Å². The average molecular weight is 753 g/mol. The van der Waals surface area contributed by atoms with Crippen molar-refractivity contribution in [2.45, 2.75) is 92.5 Å². The summed E-state index contributed by atoms with van der Waals surface area (Å²) in [5.41, 5.74) is 9.60. The maximum Gasteiger partial charge on any atom is 0.325 e. The van der Waals surface area contributed by atoms with Crippen LogP contribution in [0.25, 0.3) is 33.4 Å². The number of nitrogens with zero attached hydrogens (tertiary/aromatic N) is 4. The second-order valence-electron chi connectivity index (χ2n) is 17.2. The maximum absolute atomic E-state index is 14.4. The molecule has 6 bridgehead atoms. The third-order valence-corrected chi connectivity index (χ3v) is 13.6. The predicted octanol–water partition coefficient (Wildman–Crippen LogP) is 6.35. The molecule has 1 saturated heterocycles. The van der Waals surface area contributed by atoms with Gasteiger partial charge in [0.15, 0.2) is 0 Å². The standard InChI is InChI=1S/C42H52N6O5S/c1-9-47-32-13-12-25-15-27(32)28(37(47)26-11-10-14-43-35(26)24(4)52-8)17-41(5,6)21-53-40(51)36-29-18-42(29,7)20-48(46-36)39(50)30(16-33-44-31(25)19-54-33)45-38(49)34-22(2)23(34)3/h10-15,19,22-24,29-30,34,36,46H,9,16-18,20-21H2,1-8H3,(H,45,49). The summed E-state index contributed by atoms with van der Waals surface area (Å²) in [6, 6.07) is 9.08. The molecule has 54 heavy (non-hydrogen) atoms. The summed E-state index contributed by atoms with van der Waals surface area (Å²) in [5, 5.41) is 8.57. The zero-order valence-corrected chi connectivity index (χ0v) is 33.4. The number of aryl methyl sites for hydroxylation is 1. The van der Waals surface area contributed by atoms with Gasteiger partial charge in [-0.05, 0) is 79.7 Å². The van der Waals surface area contributed by atoms with Crippen molar-refractivity contribution >= 4 is 40.0 Å². The number of esters is 1. The molecule has 0 radical (unpaired) electrons. The third-order valence-electron chi connectivity index (χ3n) is 12.7. The Hall–Kier alpha value is -4.13. The number of thiazole rings is 1. The molecule has 3 aromatic heterocycles. The van der Waals surface area contributed by atoms with Gasteiger partial charge in [0.05, 0.1) is 34.8 Å². The van der Waals surface area contributed by atoms with Crippen molar-refractivity contribution < 1.29 is 23.9 Å². The van der Waals surface area contributed by atoms with Gasteiger partial charge in [0.1, 0.15) is 12.1 Å². The molecular weight excluding hydrogens is 701 g/mol. The number of aromatic nitrogens is 3. The van der Waals surface area contributed by atoms with Crippen LogP contribution in [0.4, 0.5) is 0 Å². The van der Waals surface area contributed by atoms with Gasteiger partial charge in [0.2, 0.25) is 5.91 Å². The van der Waals surface area contributed by atoms with Crippen LogP contribution in [0.2, 0.25) is 0 Å². The normalized spacial score (nSPS) is 29.6. The van der Waals surface area contributed by atoms with Gasteiger partial charge in [-0.3, -0.25) is 24.4 Å². The lowest BCUT2D eigenvalue weighted by Gasteiger charge is -2.38. The third kappa shape index (κ3) is 6.43. The highest BCUT2D eigenvalue weighted by atomic mass is 32.1. The zero-order chi connectivity index (χ0) is 38.3. The van der Waals surface area contributed by atoms with Crippen LogP contribution >= 0.6 is 11.3 Å². The molecule has 0 spiro atoms. The number of methoxy groups -OCH3 is 1. The van der Waals surface area contributed by atoms with Crippen LogP contribution in [0.15, 0.2) is 41.9 Å². The summed E-state index contributed by atoms with van der Waals surface area (Å²) in [4.78, 5) is 51.7. The number of hydrogen-bond acceptors (Lipinski definition) is 9. The van der Waals surface area contributed by atoms with Crippen LogP contribution in [-0.2, 0) is 43.2 Å². The molecule has 5 heterocycles. The highest BCUT2D eigenvalue weighted by molar-refractivity contribution is 7.10. The lowest BCUT2D eigenvalue weighted by molar-refractivity contribution is -0.157. The summed E-state index contributed by atoms with van der Waals surface area (Å²) in [6.45, 7) is 16.1. The van der Waals surface area contributed by atoms with Gasteiger partial charge in [-0.1, -0.05) is 40.7 Å². The van der Waals surface area contributed by atoms with Crippen LogP contribution in [0.5, 0.6) is 0 Å². The molecule has 12 heteroatoms. The molecule has 286 valence electrons. The van der Waals surface area contributed by atoms with Crippen LogP contribution in [0.1, 0.15) is 77.3 Å². The fourth-order valence-corrected chi connectivity index (χ4v) is 9.87. The number of ether oxygens (including phenoxy) is 2. The number of benzene rings is 1. The quantitative estimate of drug-likeness (QED) is 0.218. The van der Waals surface area contributed by atoms with Crippen molar-refractivity contribution in [2.24, 2.45) is 34.5 Å². The Kier molecular flexibility index (Phi) is 9.25. The Balaban J connectivity index is 1.25. The first-order valence-electron chi connectivity index (χ1n) is 19.4. The minimum atomic E-state index is -0.837. The molecule has 7 atom stereocenters. The number of cyclic esters (lactones) is 1. The molecule has 11 nitrogen and oxygen atoms in total. The van der Waals surface area contributed by atoms with Crippen LogP contribution in [0, 0.1) is 34.5 Å². The number of carbonyl (C=O) groups excluding carboxylic acids is 3. The molecule has 7 unspecified atom stereocenters. The van der Waals surface area contributed by atoms with Crippen molar-refractivity contribution in [1.82, 2.24) is 30.3 Å². The van der Waals surface area contributed by atoms with E-state index < -0.39 is 17.5 Å². The van der Waals surface area contributed by atoms with Crippen molar-refractivity contribution in [2.75, 3.05) is 20.3 Å². The summed E-state index contributed by atoms with van der Waals surface area (Å²) >= 11 is 1.49. The number of hydrogen-bond donors (Lipinski definition) is 2. The number of fused-ring (bicyclic) bond motifs is 8. The lowest BCUT2D eigenvalue weighted by Crippen LogP contribution is -2.62. The fourth-order valence-electron chi connectivity index (χ4n) is 9.01. The van der Waals surface area contributed by atoms with Gasteiger partial charge in [-0.15, -0.1) is 11.3 Å². The molecule has 2 aliphatic heterocycles. The molecule has 2 saturated carbocycles. The van der Waals surface area contributed by atoms with E-state index in [0.717, 1.165) is 62.6 Å². The molecule has 8 rings (SSSR count). The topological polar surface area (TPSA) is 128 Å². The minimum Gasteiger partial charge on any atom is -0.464 e. The Morgan fingerprint density at radius 2 is 1.96 bits per heavy atom. The first-order valence-corrected chi connectivity index (χ1v) is 20.2. The number of nitrogens with one attached hydrogen (secondary N) is 2. The van der Waals surface area contributed by atoms with Gasteiger partial charge in [-0.25, -0.2) is 10.4 Å². The van der Waals surface area contributed by atoms with Crippen LogP contribution in [-0.4, -0.2) is 69.7 Å². The van der Waals surface area contributed by atoms with Gasteiger partial charge < -0.3 is 19.4 Å². The first-order chi connectivity index (χ1) is 25.7. The van der Waals surface area contributed by atoms with E-state index in [1.54, 1.807) is 12.1 Å². The lowest BCUT2D eigenvalue weighted by atomic mass is 9.84. The molecule has 2 aliphatic carbocycles. The van der Waals surface area contributed by atoms with Crippen molar-refractivity contribution in [3.63, 3.8) is 0 Å². The molecule has 3 fully saturated rings. The predicted molar refractivity (Wildman–Crippen MR) is 208 cm³/mol. The van der Waals surface area contributed by atoms with E-state index in [1.165, 1.54) is 11.3 Å². The van der Waals surface area contributed by atoms with Gasteiger partial charge in [-0.2, -0.15) is 0 Å². The number of carbonyl (C=O) groups is 3. The molecule has 4 aromatic rings. The Labute approximate surface area is 321 Å². The second-order valence-corrected chi connectivity index (χ2v) is 18.1. The number of hydrazine groups is 1. The van der Waals surface area contributed by atoms with Crippen LogP contribution in [0.3, 0.4) is 0 Å².